The highest BCUT2D eigenvalue weighted by atomic mass is 32.2. The van der Waals surface area contributed by atoms with Crippen LogP contribution in [0.3, 0.4) is 0 Å². The van der Waals surface area contributed by atoms with E-state index in [9.17, 15) is 30.7 Å². The van der Waals surface area contributed by atoms with Gasteiger partial charge >= 0.3 is 0 Å². The molecule has 2 aromatic rings. The molecule has 0 bridgehead atoms. The second-order valence-electron chi connectivity index (χ2n) is 6.47. The van der Waals surface area contributed by atoms with Gasteiger partial charge in [0.1, 0.15) is 16.4 Å². The molecule has 178 valence electrons. The molecule has 0 aliphatic carbocycles. The average Bonchev–Trinajstić information content (AvgIpc) is 2.72. The molecule has 0 fully saturated rings. The van der Waals surface area contributed by atoms with Crippen LogP contribution in [0.1, 0.15) is 11.1 Å². The number of carbonyl (C=O) groups is 1. The number of nitrogens with one attached hydrogen (secondary N) is 3. The van der Waals surface area contributed by atoms with Crippen LogP contribution in [0, 0.1) is 0 Å². The van der Waals surface area contributed by atoms with Crippen molar-refractivity contribution in [3.8, 4) is 0 Å². The first-order chi connectivity index (χ1) is 15.3. The number of ether oxygens (including phenoxy) is 1. The summed E-state index contributed by atoms with van der Waals surface area (Å²) in [4.78, 5) is 10.7. The van der Waals surface area contributed by atoms with Crippen LogP contribution in [0.5, 0.6) is 0 Å². The highest BCUT2D eigenvalue weighted by Gasteiger charge is 2.18. The van der Waals surface area contributed by atoms with Gasteiger partial charge < -0.3 is 20.7 Å². The largest absolute Gasteiger partial charge is 0.375 e. The monoisotopic (exact) mass is 515 g/mol. The summed E-state index contributed by atoms with van der Waals surface area (Å²) in [6, 6.07) is 7.74. The molecule has 0 heterocycles. The minimum atomic E-state index is -4.70. The summed E-state index contributed by atoms with van der Waals surface area (Å²) in [6.07, 6.45) is 2.48. The van der Waals surface area contributed by atoms with Crippen molar-refractivity contribution in [1.29, 1.82) is 0 Å². The smallest absolute Gasteiger partial charge is 0.295 e. The molecule has 5 N–H and O–H groups in total. The van der Waals surface area contributed by atoms with Crippen molar-refractivity contribution in [2.45, 2.75) is 9.79 Å². The summed E-state index contributed by atoms with van der Waals surface area (Å²) < 4.78 is 71.3. The molecule has 0 radical (unpaired) electrons. The molecule has 33 heavy (non-hydrogen) atoms. The van der Waals surface area contributed by atoms with E-state index in [1.165, 1.54) is 43.5 Å². The first kappa shape index (κ1) is 26.4. The van der Waals surface area contributed by atoms with Gasteiger partial charge in [-0.05, 0) is 47.6 Å². The molecule has 2 rings (SSSR count). The number of carbonyl (C=O) groups excluding carboxylic acids is 1. The zero-order valence-corrected chi connectivity index (χ0v) is 19.8. The Morgan fingerprint density at radius 2 is 1.39 bits per heavy atom. The Labute approximate surface area is 196 Å². The Kier molecular flexibility index (Phi) is 8.65. The standard InChI is InChI=1S/C19H21N3O8S3/c1-20-19(31)22-15-8-6-13(17(10-15)33(27,28)29)4-3-12-5-7-14(21-18(23)11-30-2)9-16(12)32(24,25)26/h3-10H,11H2,1-2H3,(H,21,23)(H2,20,22,31)(H,24,25,26)(H,27,28,29). The topological polar surface area (TPSA) is 171 Å². The van der Waals surface area contributed by atoms with Gasteiger partial charge in [-0.1, -0.05) is 24.3 Å². The van der Waals surface area contributed by atoms with Crippen molar-refractivity contribution in [2.24, 2.45) is 0 Å². The molecule has 0 aliphatic rings. The molecule has 1 amide bonds. The third kappa shape index (κ3) is 7.59. The van der Waals surface area contributed by atoms with Crippen molar-refractivity contribution >= 4 is 67.0 Å². The average molecular weight is 516 g/mol. The van der Waals surface area contributed by atoms with E-state index in [4.69, 9.17) is 12.2 Å². The van der Waals surface area contributed by atoms with E-state index < -0.39 is 35.9 Å². The first-order valence-electron chi connectivity index (χ1n) is 9.04. The van der Waals surface area contributed by atoms with E-state index in [1.807, 2.05) is 0 Å². The van der Waals surface area contributed by atoms with Crippen LogP contribution in [-0.4, -0.2) is 57.7 Å². The number of thiocarbonyl (C=S) groups is 1. The van der Waals surface area contributed by atoms with Crippen molar-refractivity contribution < 1.29 is 35.5 Å². The van der Waals surface area contributed by atoms with Gasteiger partial charge in [0.25, 0.3) is 20.2 Å². The Morgan fingerprint density at radius 3 is 1.79 bits per heavy atom. The Hall–Kier alpha value is -2.88. The summed E-state index contributed by atoms with van der Waals surface area (Å²) >= 11 is 4.96. The third-order valence-corrected chi connectivity index (χ3v) is 6.19. The molecular weight excluding hydrogens is 494 g/mol. The highest BCUT2D eigenvalue weighted by Crippen LogP contribution is 2.26. The normalized spacial score (nSPS) is 11.9. The van der Waals surface area contributed by atoms with Crippen molar-refractivity contribution in [3.05, 3.63) is 47.5 Å². The summed E-state index contributed by atoms with van der Waals surface area (Å²) in [5, 5.41) is 8.02. The van der Waals surface area contributed by atoms with Crippen LogP contribution in [-0.2, 0) is 29.8 Å². The maximum Gasteiger partial charge on any atom is 0.295 e. The van der Waals surface area contributed by atoms with Crippen LogP contribution < -0.4 is 16.0 Å². The number of anilines is 2. The maximum absolute atomic E-state index is 11.9. The lowest BCUT2D eigenvalue weighted by Crippen LogP contribution is -2.24. The zero-order valence-electron chi connectivity index (χ0n) is 17.4. The SMILES string of the molecule is CNC(=S)Nc1ccc(C=Cc2ccc(NC(=O)COC)cc2S(=O)(=O)O)c(S(=O)(=O)O)c1. The van der Waals surface area contributed by atoms with Gasteiger partial charge in [0.15, 0.2) is 5.11 Å². The van der Waals surface area contributed by atoms with Crippen LogP contribution in [0.2, 0.25) is 0 Å². The van der Waals surface area contributed by atoms with Crippen LogP contribution in [0.25, 0.3) is 12.2 Å². The first-order valence-corrected chi connectivity index (χ1v) is 12.3. The van der Waals surface area contributed by atoms with Crippen LogP contribution in [0.4, 0.5) is 11.4 Å². The second-order valence-corrected chi connectivity index (χ2v) is 9.66. The Morgan fingerprint density at radius 1 is 0.939 bits per heavy atom. The van der Waals surface area contributed by atoms with E-state index in [2.05, 4.69) is 20.7 Å². The molecule has 11 nitrogen and oxygen atoms in total. The molecule has 0 spiro atoms. The van der Waals surface area contributed by atoms with E-state index in [0.29, 0.717) is 0 Å². The lowest BCUT2D eigenvalue weighted by Gasteiger charge is -2.11. The number of rotatable bonds is 8. The third-order valence-electron chi connectivity index (χ3n) is 4.07. The summed E-state index contributed by atoms with van der Waals surface area (Å²) in [5.74, 6) is -0.536. The molecule has 14 heteroatoms. The van der Waals surface area contributed by atoms with E-state index in [0.717, 1.165) is 12.1 Å². The van der Waals surface area contributed by atoms with E-state index in [1.54, 1.807) is 7.05 Å². The molecule has 0 unspecified atom stereocenters. The number of amides is 1. The fourth-order valence-electron chi connectivity index (χ4n) is 2.65. The van der Waals surface area contributed by atoms with Gasteiger partial charge in [0, 0.05) is 25.5 Å². The molecule has 0 saturated heterocycles. The molecule has 0 atom stereocenters. The molecule has 0 saturated carbocycles. The summed E-state index contributed by atoms with van der Waals surface area (Å²) in [5.41, 5.74) is 0.421. The van der Waals surface area contributed by atoms with Gasteiger partial charge in [0.2, 0.25) is 5.91 Å². The van der Waals surface area contributed by atoms with E-state index >= 15 is 0 Å². The quantitative estimate of drug-likeness (QED) is 0.197. The predicted molar refractivity (Wildman–Crippen MR) is 127 cm³/mol. The number of methoxy groups -OCH3 is 1. The second kappa shape index (κ2) is 10.8. The molecule has 2 aromatic carbocycles. The Bertz CT molecular complexity index is 1310. The van der Waals surface area contributed by atoms with Crippen molar-refractivity contribution in [3.63, 3.8) is 0 Å². The lowest BCUT2D eigenvalue weighted by molar-refractivity contribution is -0.119. The highest BCUT2D eigenvalue weighted by molar-refractivity contribution is 7.86. The van der Waals surface area contributed by atoms with Gasteiger partial charge in [0.05, 0.1) is 0 Å². The van der Waals surface area contributed by atoms with Crippen LogP contribution >= 0.6 is 12.2 Å². The van der Waals surface area contributed by atoms with Gasteiger partial charge in [-0.3, -0.25) is 13.9 Å². The number of hydrogen-bond donors (Lipinski definition) is 5. The zero-order chi connectivity index (χ0) is 24.8. The fraction of sp³-hybridized carbons (Fsp3) is 0.158. The maximum atomic E-state index is 11.9. The number of hydrogen-bond acceptors (Lipinski definition) is 7. The van der Waals surface area contributed by atoms with Gasteiger partial charge in [-0.25, -0.2) is 0 Å². The van der Waals surface area contributed by atoms with Gasteiger partial charge in [-0.2, -0.15) is 16.8 Å². The molecular formula is C19H21N3O8S3. The van der Waals surface area contributed by atoms with E-state index in [-0.39, 0.29) is 34.2 Å². The summed E-state index contributed by atoms with van der Waals surface area (Å²) in [7, 11) is -6.47. The predicted octanol–water partition coefficient (Wildman–Crippen LogP) is 1.85. The van der Waals surface area contributed by atoms with Crippen molar-refractivity contribution in [1.82, 2.24) is 5.32 Å². The fourth-order valence-corrected chi connectivity index (χ4v) is 4.19. The van der Waals surface area contributed by atoms with Crippen molar-refractivity contribution in [2.75, 3.05) is 31.4 Å². The number of benzene rings is 2. The van der Waals surface area contributed by atoms with Crippen LogP contribution in [0.15, 0.2) is 46.2 Å². The lowest BCUT2D eigenvalue weighted by atomic mass is 10.1. The minimum Gasteiger partial charge on any atom is -0.375 e. The van der Waals surface area contributed by atoms with Gasteiger partial charge in [-0.15, -0.1) is 0 Å². The Balaban J connectivity index is 2.49. The molecule has 0 aromatic heterocycles. The minimum absolute atomic E-state index is 0.00194. The molecule has 0 aliphatic heterocycles. The summed E-state index contributed by atoms with van der Waals surface area (Å²) in [6.45, 7) is -0.259.